The van der Waals surface area contributed by atoms with Crippen LogP contribution in [-0.4, -0.2) is 9.67 Å². The Morgan fingerprint density at radius 2 is 2.36 bits per heavy atom. The topological polar surface area (TPSA) is 25.2 Å². The van der Waals surface area contributed by atoms with Crippen molar-refractivity contribution in [2.75, 3.05) is 0 Å². The van der Waals surface area contributed by atoms with E-state index in [1.165, 1.54) is 22.9 Å². The zero-order chi connectivity index (χ0) is 10.3. The third kappa shape index (κ3) is 0.871. The highest BCUT2D eigenvalue weighted by Gasteiger charge is 1.96. The number of hydrogen-bond donors (Lipinski definition) is 1. The van der Waals surface area contributed by atoms with Gasteiger partial charge in [0.05, 0.1) is 0 Å². The van der Waals surface area contributed by atoms with Crippen molar-refractivity contribution in [1.82, 2.24) is 4.57 Å². The lowest BCUT2D eigenvalue weighted by atomic mass is 10.2. The van der Waals surface area contributed by atoms with Crippen LogP contribution in [0.1, 0.15) is 4.11 Å². The maximum atomic E-state index is 9.19. The molecule has 0 fully saturated rings. The van der Waals surface area contributed by atoms with E-state index in [1.807, 2.05) is 0 Å². The summed E-state index contributed by atoms with van der Waals surface area (Å²) in [6.07, 6.45) is 1.50. The predicted octanol–water partition coefficient (Wildman–Crippen LogP) is 1.88. The van der Waals surface area contributed by atoms with E-state index in [-0.39, 0.29) is 5.75 Å². The molecule has 2 rings (SSSR count). The molecule has 11 heavy (non-hydrogen) atoms. The van der Waals surface area contributed by atoms with E-state index in [0.717, 1.165) is 5.39 Å². The lowest BCUT2D eigenvalue weighted by Crippen LogP contribution is -1.81. The third-order valence-corrected chi connectivity index (χ3v) is 1.67. The van der Waals surface area contributed by atoms with E-state index in [1.54, 1.807) is 12.1 Å². The summed E-state index contributed by atoms with van der Waals surface area (Å²) in [7, 11) is 0. The lowest BCUT2D eigenvalue weighted by Gasteiger charge is -1.95. The Bertz CT molecular complexity index is 472. The van der Waals surface area contributed by atoms with Gasteiger partial charge in [-0.05, 0) is 24.3 Å². The van der Waals surface area contributed by atoms with Crippen molar-refractivity contribution in [3.63, 3.8) is 0 Å². The van der Waals surface area contributed by atoms with Crippen molar-refractivity contribution in [3.05, 3.63) is 30.5 Å². The van der Waals surface area contributed by atoms with Crippen LogP contribution in [0.5, 0.6) is 5.75 Å². The highest BCUT2D eigenvalue weighted by molar-refractivity contribution is 5.81. The van der Waals surface area contributed by atoms with Gasteiger partial charge >= 0.3 is 0 Å². The van der Waals surface area contributed by atoms with Crippen LogP contribution in [0, 0.1) is 0 Å². The first-order valence-corrected chi connectivity index (χ1v) is 3.29. The first-order chi connectivity index (χ1) is 6.48. The molecule has 0 saturated heterocycles. The highest BCUT2D eigenvalue weighted by Crippen LogP contribution is 2.19. The number of nitrogens with zero attached hydrogens (tertiary/aromatic N) is 1. The fourth-order valence-electron chi connectivity index (χ4n) is 1.13. The summed E-state index contributed by atoms with van der Waals surface area (Å²) >= 11 is 0. The molecule has 1 N–H and O–H groups in total. The normalized spacial score (nSPS) is 15.8. The molecule has 56 valence electrons. The summed E-state index contributed by atoms with van der Waals surface area (Å²) < 4.78 is 23.0. The summed E-state index contributed by atoms with van der Waals surface area (Å²) in [6, 6.07) is 6.28. The van der Waals surface area contributed by atoms with Gasteiger partial charge in [-0.3, -0.25) is 0 Å². The molecule has 0 aliphatic rings. The number of benzene rings is 1. The Morgan fingerprint density at radius 3 is 3.18 bits per heavy atom. The second-order valence-corrected chi connectivity index (χ2v) is 2.43. The molecule has 1 aromatic carbocycles. The van der Waals surface area contributed by atoms with Gasteiger partial charge in [-0.25, -0.2) is 0 Å². The summed E-state index contributed by atoms with van der Waals surface area (Å²) in [5.41, 5.74) is 0.600. The zero-order valence-electron chi connectivity index (χ0n) is 8.78. The van der Waals surface area contributed by atoms with Gasteiger partial charge in [-0.15, -0.1) is 0 Å². The van der Waals surface area contributed by atoms with Gasteiger partial charge in [0.15, 0.2) is 0 Å². The molecule has 2 heteroatoms. The van der Waals surface area contributed by atoms with Gasteiger partial charge in [0.2, 0.25) is 0 Å². The largest absolute Gasteiger partial charge is 0.508 e. The van der Waals surface area contributed by atoms with Crippen LogP contribution in [-0.2, 0) is 6.98 Å². The first-order valence-electron chi connectivity index (χ1n) is 4.79. The predicted molar refractivity (Wildman–Crippen MR) is 44.6 cm³/mol. The Balaban J connectivity index is 2.70. The van der Waals surface area contributed by atoms with Crippen LogP contribution in [0.3, 0.4) is 0 Å². The van der Waals surface area contributed by atoms with Gasteiger partial charge in [0.25, 0.3) is 0 Å². The molecule has 2 nitrogen and oxygen atoms in total. The number of phenols is 1. The van der Waals surface area contributed by atoms with Gasteiger partial charge in [-0.2, -0.15) is 0 Å². The van der Waals surface area contributed by atoms with E-state index >= 15 is 0 Å². The van der Waals surface area contributed by atoms with Crippen LogP contribution in [0.4, 0.5) is 0 Å². The van der Waals surface area contributed by atoms with Crippen molar-refractivity contribution < 1.29 is 9.22 Å². The Labute approximate surface area is 68.9 Å². The standard InChI is InChI=1S/C9H9NO/c1-10-5-4-7-6-8(11)2-3-9(7)10/h2-6,11H,1H3/i1D3. The van der Waals surface area contributed by atoms with Crippen LogP contribution < -0.4 is 0 Å². The number of aryl methyl sites for hydroxylation is 1. The molecule has 0 aliphatic heterocycles. The third-order valence-electron chi connectivity index (χ3n) is 1.67. The molecule has 2 aromatic rings. The van der Waals surface area contributed by atoms with Crippen molar-refractivity contribution in [1.29, 1.82) is 0 Å². The maximum Gasteiger partial charge on any atom is 0.116 e. The SMILES string of the molecule is [2H]C([2H])([2H])n1ccc2cc(O)ccc21. The molecular formula is C9H9NO. The van der Waals surface area contributed by atoms with Gasteiger partial charge in [0, 0.05) is 28.2 Å². The smallest absolute Gasteiger partial charge is 0.116 e. The van der Waals surface area contributed by atoms with Crippen molar-refractivity contribution in [3.8, 4) is 5.75 Å². The van der Waals surface area contributed by atoms with E-state index in [4.69, 9.17) is 4.11 Å². The minimum Gasteiger partial charge on any atom is -0.508 e. The summed E-state index contributed by atoms with van der Waals surface area (Å²) in [6.45, 7) is -2.17. The Morgan fingerprint density at radius 1 is 1.45 bits per heavy atom. The van der Waals surface area contributed by atoms with Crippen LogP contribution in [0.15, 0.2) is 30.5 Å². The molecule has 1 aromatic heterocycles. The lowest BCUT2D eigenvalue weighted by molar-refractivity contribution is 0.476. The van der Waals surface area contributed by atoms with Gasteiger partial charge < -0.3 is 9.67 Å². The minimum atomic E-state index is -2.17. The summed E-state index contributed by atoms with van der Waals surface area (Å²) in [4.78, 5) is 0. The average molecular weight is 150 g/mol. The molecule has 0 amide bonds. The summed E-state index contributed by atoms with van der Waals surface area (Å²) in [5, 5.41) is 9.92. The second kappa shape index (κ2) is 2.02. The quantitative estimate of drug-likeness (QED) is 0.609. The van der Waals surface area contributed by atoms with Crippen LogP contribution >= 0.6 is 0 Å². The van der Waals surface area contributed by atoms with E-state index in [0.29, 0.717) is 5.52 Å². The minimum absolute atomic E-state index is 0.140. The molecule has 0 atom stereocenters. The number of phenolic OH excluding ortho intramolecular Hbond substituents is 1. The fourth-order valence-corrected chi connectivity index (χ4v) is 1.13. The molecule has 0 aliphatic carbocycles. The number of aromatic hydroxyl groups is 1. The van der Waals surface area contributed by atoms with E-state index < -0.39 is 6.98 Å². The molecule has 0 radical (unpaired) electrons. The average Bonchev–Trinajstić information content (AvgIpc) is 2.45. The second-order valence-electron chi connectivity index (χ2n) is 2.43. The van der Waals surface area contributed by atoms with Gasteiger partial charge in [0.1, 0.15) is 5.75 Å². The van der Waals surface area contributed by atoms with Crippen molar-refractivity contribution >= 4 is 10.9 Å². The summed E-state index contributed by atoms with van der Waals surface area (Å²) in [5.74, 6) is 0.140. The molecular weight excluding hydrogens is 138 g/mol. The van der Waals surface area contributed by atoms with E-state index in [2.05, 4.69) is 0 Å². The van der Waals surface area contributed by atoms with Crippen LogP contribution in [0.2, 0.25) is 0 Å². The number of rotatable bonds is 0. The highest BCUT2D eigenvalue weighted by atomic mass is 16.3. The van der Waals surface area contributed by atoms with Crippen LogP contribution in [0.25, 0.3) is 10.9 Å². The fraction of sp³-hybridized carbons (Fsp3) is 0.111. The number of aromatic nitrogens is 1. The monoisotopic (exact) mass is 150 g/mol. The Hall–Kier alpha value is -1.44. The molecule has 1 heterocycles. The molecule has 0 bridgehead atoms. The molecule has 0 spiro atoms. The maximum absolute atomic E-state index is 9.19. The van der Waals surface area contributed by atoms with E-state index in [9.17, 15) is 5.11 Å². The van der Waals surface area contributed by atoms with Crippen molar-refractivity contribution in [2.24, 2.45) is 6.98 Å². The van der Waals surface area contributed by atoms with Crippen molar-refractivity contribution in [2.45, 2.75) is 0 Å². The zero-order valence-corrected chi connectivity index (χ0v) is 5.78. The Kier molecular flexibility index (Phi) is 0.700. The van der Waals surface area contributed by atoms with Gasteiger partial charge in [-0.1, -0.05) is 0 Å². The molecule has 0 saturated carbocycles. The number of fused-ring (bicyclic) bond motifs is 1. The first kappa shape index (κ1) is 3.81. The molecule has 0 unspecified atom stereocenters. The number of hydrogen-bond acceptors (Lipinski definition) is 1.